The Labute approximate surface area is 205 Å². The van der Waals surface area contributed by atoms with Crippen molar-refractivity contribution in [3.05, 3.63) is 63.7 Å². The molecule has 0 bridgehead atoms. The van der Waals surface area contributed by atoms with Crippen LogP contribution in [0.5, 0.6) is 5.75 Å². The monoisotopic (exact) mass is 577 g/mol. The summed E-state index contributed by atoms with van der Waals surface area (Å²) in [5, 5.41) is 17.0. The van der Waals surface area contributed by atoms with Crippen molar-refractivity contribution in [1.29, 1.82) is 0 Å². The Balaban J connectivity index is 0.00000512. The standard InChI is InChI=1S/C20H27N5O5S.HI/c1-15-7-8-16(13-19(15)30-3)9-10-22-20(21-2)23-11-12-24-31(28,29)18-6-4-5-17(14-18)25(26)27;/h4-8,13-14,24H,9-12H2,1-3H3,(H2,21,22,23);1H. The van der Waals surface area contributed by atoms with Gasteiger partial charge in [0.1, 0.15) is 5.75 Å². The Kier molecular flexibility index (Phi) is 11.4. The highest BCUT2D eigenvalue weighted by molar-refractivity contribution is 14.0. The van der Waals surface area contributed by atoms with Crippen LogP contribution in [0, 0.1) is 17.0 Å². The van der Waals surface area contributed by atoms with E-state index in [0.717, 1.165) is 29.4 Å². The molecule has 0 atom stereocenters. The van der Waals surface area contributed by atoms with Crippen LogP contribution in [-0.4, -0.2) is 53.1 Å². The maximum Gasteiger partial charge on any atom is 0.270 e. The minimum Gasteiger partial charge on any atom is -0.496 e. The normalized spacial score (nSPS) is 11.4. The van der Waals surface area contributed by atoms with Crippen molar-refractivity contribution in [2.45, 2.75) is 18.2 Å². The van der Waals surface area contributed by atoms with Gasteiger partial charge in [-0.15, -0.1) is 24.0 Å². The number of hydrogen-bond donors (Lipinski definition) is 3. The van der Waals surface area contributed by atoms with E-state index >= 15 is 0 Å². The number of sulfonamides is 1. The molecule has 0 spiro atoms. The zero-order valence-electron chi connectivity index (χ0n) is 18.1. The van der Waals surface area contributed by atoms with E-state index in [1.807, 2.05) is 25.1 Å². The Morgan fingerprint density at radius 2 is 1.84 bits per heavy atom. The van der Waals surface area contributed by atoms with Crippen molar-refractivity contribution >= 4 is 45.6 Å². The molecule has 0 amide bonds. The van der Waals surface area contributed by atoms with Crippen LogP contribution in [0.25, 0.3) is 0 Å². The van der Waals surface area contributed by atoms with Gasteiger partial charge in [0.2, 0.25) is 10.0 Å². The Morgan fingerprint density at radius 1 is 1.12 bits per heavy atom. The molecule has 0 unspecified atom stereocenters. The molecular formula is C20H28IN5O5S. The van der Waals surface area contributed by atoms with E-state index in [1.165, 1.54) is 18.2 Å². The van der Waals surface area contributed by atoms with E-state index < -0.39 is 14.9 Å². The van der Waals surface area contributed by atoms with Gasteiger partial charge in [-0.2, -0.15) is 0 Å². The summed E-state index contributed by atoms with van der Waals surface area (Å²) in [7, 11) is -0.586. The van der Waals surface area contributed by atoms with Crippen LogP contribution in [0.3, 0.4) is 0 Å². The molecule has 0 aliphatic rings. The molecule has 0 heterocycles. The number of methoxy groups -OCH3 is 1. The molecule has 0 saturated carbocycles. The third-order valence-corrected chi connectivity index (χ3v) is 5.91. The highest BCUT2D eigenvalue weighted by Crippen LogP contribution is 2.19. The molecule has 2 aromatic rings. The first-order valence-electron chi connectivity index (χ1n) is 9.59. The Morgan fingerprint density at radius 3 is 2.50 bits per heavy atom. The fourth-order valence-electron chi connectivity index (χ4n) is 2.78. The number of guanidine groups is 1. The maximum absolute atomic E-state index is 12.3. The topological polar surface area (TPSA) is 135 Å². The number of benzene rings is 2. The fraction of sp³-hybridized carbons (Fsp3) is 0.350. The maximum atomic E-state index is 12.3. The lowest BCUT2D eigenvalue weighted by Gasteiger charge is -2.13. The number of aliphatic imine (C=N–C) groups is 1. The van der Waals surface area contributed by atoms with E-state index in [4.69, 9.17) is 4.74 Å². The summed E-state index contributed by atoms with van der Waals surface area (Å²) < 4.78 is 32.4. The van der Waals surface area contributed by atoms with E-state index in [-0.39, 0.29) is 47.6 Å². The second-order valence-electron chi connectivity index (χ2n) is 6.63. The zero-order chi connectivity index (χ0) is 22.9. The average molecular weight is 577 g/mol. The van der Waals surface area contributed by atoms with Gasteiger partial charge in [0.15, 0.2) is 5.96 Å². The first-order valence-corrected chi connectivity index (χ1v) is 11.1. The highest BCUT2D eigenvalue weighted by atomic mass is 127. The molecule has 0 saturated heterocycles. The smallest absolute Gasteiger partial charge is 0.270 e. The van der Waals surface area contributed by atoms with Crippen LogP contribution < -0.4 is 20.1 Å². The molecule has 0 radical (unpaired) electrons. The third kappa shape index (κ3) is 8.24. The number of nitro groups is 1. The molecule has 2 aromatic carbocycles. The van der Waals surface area contributed by atoms with Gasteiger partial charge in [-0.3, -0.25) is 15.1 Å². The second-order valence-corrected chi connectivity index (χ2v) is 8.40. The molecule has 0 aliphatic heterocycles. The van der Waals surface area contributed by atoms with E-state index in [9.17, 15) is 18.5 Å². The SMILES string of the molecule is CN=C(NCCNS(=O)(=O)c1cccc([N+](=O)[O-])c1)NCCc1ccc(C)c(OC)c1.I. The van der Waals surface area contributed by atoms with Crippen molar-refractivity contribution in [2.24, 2.45) is 4.99 Å². The molecular weight excluding hydrogens is 549 g/mol. The molecule has 12 heteroatoms. The third-order valence-electron chi connectivity index (χ3n) is 4.45. The van der Waals surface area contributed by atoms with Crippen LogP contribution in [0.15, 0.2) is 52.4 Å². The number of hydrogen-bond acceptors (Lipinski definition) is 6. The summed E-state index contributed by atoms with van der Waals surface area (Å²) in [4.78, 5) is 14.1. The van der Waals surface area contributed by atoms with E-state index in [2.05, 4.69) is 20.3 Å². The molecule has 0 aliphatic carbocycles. The van der Waals surface area contributed by atoms with Gasteiger partial charge in [0, 0.05) is 38.8 Å². The van der Waals surface area contributed by atoms with Gasteiger partial charge in [-0.1, -0.05) is 18.2 Å². The molecule has 0 fully saturated rings. The number of nitrogens with one attached hydrogen (secondary N) is 3. The number of non-ortho nitro benzene ring substituents is 1. The lowest BCUT2D eigenvalue weighted by atomic mass is 10.1. The minimum atomic E-state index is -3.85. The highest BCUT2D eigenvalue weighted by Gasteiger charge is 2.17. The predicted molar refractivity (Wildman–Crippen MR) is 134 cm³/mol. The van der Waals surface area contributed by atoms with Crippen LogP contribution in [0.1, 0.15) is 11.1 Å². The minimum absolute atomic E-state index is 0. The van der Waals surface area contributed by atoms with Crippen LogP contribution in [0.2, 0.25) is 0 Å². The van der Waals surface area contributed by atoms with Crippen molar-refractivity contribution in [3.8, 4) is 5.75 Å². The first kappa shape index (κ1) is 27.6. The molecule has 176 valence electrons. The van der Waals surface area contributed by atoms with Gasteiger partial charge in [-0.25, -0.2) is 13.1 Å². The quantitative estimate of drug-likeness (QED) is 0.0985. The fourth-order valence-corrected chi connectivity index (χ4v) is 3.85. The number of nitrogens with zero attached hydrogens (tertiary/aromatic N) is 2. The van der Waals surface area contributed by atoms with Crippen molar-refractivity contribution in [3.63, 3.8) is 0 Å². The zero-order valence-corrected chi connectivity index (χ0v) is 21.3. The summed E-state index contributed by atoms with van der Waals surface area (Å²) in [5.41, 5.74) is 1.91. The van der Waals surface area contributed by atoms with Gasteiger partial charge in [-0.05, 0) is 36.6 Å². The summed E-state index contributed by atoms with van der Waals surface area (Å²) in [6.45, 7) is 2.98. The van der Waals surface area contributed by atoms with Crippen molar-refractivity contribution < 1.29 is 18.1 Å². The van der Waals surface area contributed by atoms with Gasteiger partial charge >= 0.3 is 0 Å². The second kappa shape index (κ2) is 13.2. The molecule has 3 N–H and O–H groups in total. The number of aryl methyl sites for hydroxylation is 1. The predicted octanol–water partition coefficient (Wildman–Crippen LogP) is 2.22. The van der Waals surface area contributed by atoms with E-state index in [1.54, 1.807) is 14.2 Å². The number of ether oxygens (including phenoxy) is 1. The first-order chi connectivity index (χ1) is 14.8. The molecule has 10 nitrogen and oxygen atoms in total. The van der Waals surface area contributed by atoms with Crippen molar-refractivity contribution in [2.75, 3.05) is 33.8 Å². The molecule has 32 heavy (non-hydrogen) atoms. The van der Waals surface area contributed by atoms with Gasteiger partial charge in [0.05, 0.1) is 16.9 Å². The number of nitro benzene ring substituents is 1. The van der Waals surface area contributed by atoms with Crippen LogP contribution in [-0.2, 0) is 16.4 Å². The lowest BCUT2D eigenvalue weighted by Crippen LogP contribution is -2.42. The molecule has 2 rings (SSSR count). The summed E-state index contributed by atoms with van der Waals surface area (Å²) in [6, 6.07) is 11.0. The van der Waals surface area contributed by atoms with Crippen LogP contribution >= 0.6 is 24.0 Å². The number of halogens is 1. The van der Waals surface area contributed by atoms with Gasteiger partial charge < -0.3 is 15.4 Å². The van der Waals surface area contributed by atoms with E-state index in [0.29, 0.717) is 12.5 Å². The van der Waals surface area contributed by atoms with Crippen molar-refractivity contribution in [1.82, 2.24) is 15.4 Å². The molecule has 0 aromatic heterocycles. The Hall–Kier alpha value is -2.45. The summed E-state index contributed by atoms with van der Waals surface area (Å²) >= 11 is 0. The average Bonchev–Trinajstić information content (AvgIpc) is 2.76. The number of rotatable bonds is 10. The lowest BCUT2D eigenvalue weighted by molar-refractivity contribution is -0.385. The summed E-state index contributed by atoms with van der Waals surface area (Å²) in [6.07, 6.45) is 0.761. The largest absolute Gasteiger partial charge is 0.496 e. The Bertz CT molecular complexity index is 1050. The van der Waals surface area contributed by atoms with Gasteiger partial charge in [0.25, 0.3) is 5.69 Å². The summed E-state index contributed by atoms with van der Waals surface area (Å²) in [5.74, 6) is 1.38. The van der Waals surface area contributed by atoms with Crippen LogP contribution in [0.4, 0.5) is 5.69 Å².